The van der Waals surface area contributed by atoms with Crippen LogP contribution in [0.1, 0.15) is 21.5 Å². The molecule has 8 nitrogen and oxygen atoms in total. The molecule has 0 aliphatic rings. The Labute approximate surface area is 107 Å². The molecule has 1 aromatic rings. The van der Waals surface area contributed by atoms with Crippen molar-refractivity contribution in [1.29, 1.82) is 0 Å². The van der Waals surface area contributed by atoms with Crippen LogP contribution in [0.5, 0.6) is 5.75 Å². The fraction of sp³-hybridized carbons (Fsp3) is 0.222. The van der Waals surface area contributed by atoms with Gasteiger partial charge < -0.3 is 9.29 Å². The van der Waals surface area contributed by atoms with Crippen molar-refractivity contribution in [3.8, 4) is 5.75 Å². The zero-order valence-electron chi connectivity index (χ0n) is 9.57. The number of rotatable bonds is 5. The molecule has 0 spiro atoms. The summed E-state index contributed by atoms with van der Waals surface area (Å²) < 4.78 is 37.1. The summed E-state index contributed by atoms with van der Waals surface area (Å²) >= 11 is 0. The van der Waals surface area contributed by atoms with E-state index in [-0.39, 0.29) is 23.2 Å². The summed E-state index contributed by atoms with van der Waals surface area (Å²) in [5.41, 5.74) is 8.42. The van der Waals surface area contributed by atoms with Crippen LogP contribution in [0.3, 0.4) is 0 Å². The van der Waals surface area contributed by atoms with Crippen LogP contribution in [0.25, 0.3) is 10.4 Å². The molecule has 1 aromatic carbocycles. The minimum Gasteiger partial charge on any atom is -0.478 e. The van der Waals surface area contributed by atoms with Gasteiger partial charge in [0.15, 0.2) is 0 Å². The normalized spacial score (nSPS) is 10.6. The lowest BCUT2D eigenvalue weighted by atomic mass is 10.0. The molecular formula is C9H8FN3O5S. The van der Waals surface area contributed by atoms with E-state index >= 15 is 0 Å². The van der Waals surface area contributed by atoms with Crippen LogP contribution >= 0.6 is 0 Å². The van der Waals surface area contributed by atoms with Gasteiger partial charge in [0.1, 0.15) is 5.75 Å². The third-order valence-electron chi connectivity index (χ3n) is 2.22. The first-order valence-corrected chi connectivity index (χ1v) is 6.07. The Morgan fingerprint density at radius 2 is 2.21 bits per heavy atom. The highest BCUT2D eigenvalue weighted by molar-refractivity contribution is 7.81. The van der Waals surface area contributed by atoms with Crippen molar-refractivity contribution in [3.05, 3.63) is 39.3 Å². The highest BCUT2D eigenvalue weighted by Gasteiger charge is 2.17. The molecule has 0 amide bonds. The second kappa shape index (κ2) is 5.55. The molecule has 0 unspecified atom stereocenters. The summed E-state index contributed by atoms with van der Waals surface area (Å²) in [4.78, 5) is 13.5. The Morgan fingerprint density at radius 1 is 1.58 bits per heavy atom. The summed E-state index contributed by atoms with van der Waals surface area (Å²) in [6.07, 6.45) is 0. The Hall–Kier alpha value is -2.32. The lowest BCUT2D eigenvalue weighted by Gasteiger charge is -2.09. The molecule has 0 saturated carbocycles. The van der Waals surface area contributed by atoms with Crippen molar-refractivity contribution in [3.63, 3.8) is 0 Å². The van der Waals surface area contributed by atoms with Gasteiger partial charge in [0, 0.05) is 4.91 Å². The van der Waals surface area contributed by atoms with Crippen molar-refractivity contribution < 1.29 is 26.4 Å². The number of aromatic carboxylic acids is 1. The van der Waals surface area contributed by atoms with Gasteiger partial charge in [0.25, 0.3) is 0 Å². The Bertz CT molecular complexity index is 667. The fourth-order valence-electron chi connectivity index (χ4n) is 1.40. The quantitative estimate of drug-likeness (QED) is 0.384. The average Bonchev–Trinajstić information content (AvgIpc) is 2.27. The first-order chi connectivity index (χ1) is 8.74. The predicted molar refractivity (Wildman–Crippen MR) is 61.6 cm³/mol. The maximum Gasteiger partial charge on any atom is 0.488 e. The van der Waals surface area contributed by atoms with Crippen molar-refractivity contribution >= 4 is 16.5 Å². The summed E-state index contributed by atoms with van der Waals surface area (Å²) in [6, 6.07) is 1.96. The molecule has 0 aliphatic carbocycles. The molecule has 0 bridgehead atoms. The molecular weight excluding hydrogens is 281 g/mol. The fourth-order valence-corrected chi connectivity index (χ4v) is 1.73. The van der Waals surface area contributed by atoms with Gasteiger partial charge in [0.2, 0.25) is 0 Å². The largest absolute Gasteiger partial charge is 0.488 e. The minimum atomic E-state index is -5.27. The molecule has 0 aliphatic heterocycles. The van der Waals surface area contributed by atoms with E-state index in [4.69, 9.17) is 10.6 Å². The van der Waals surface area contributed by atoms with Crippen LogP contribution in [-0.4, -0.2) is 19.5 Å². The number of halogens is 1. The molecule has 10 heteroatoms. The van der Waals surface area contributed by atoms with E-state index < -0.39 is 22.2 Å². The van der Waals surface area contributed by atoms with Gasteiger partial charge in [-0.05, 0) is 35.7 Å². The molecule has 19 heavy (non-hydrogen) atoms. The van der Waals surface area contributed by atoms with Crippen LogP contribution in [0, 0.1) is 6.92 Å². The summed E-state index contributed by atoms with van der Waals surface area (Å²) in [6.45, 7) is 1.23. The maximum absolute atomic E-state index is 12.4. The van der Waals surface area contributed by atoms with Gasteiger partial charge in [-0.1, -0.05) is 9.00 Å². The number of hydrogen-bond acceptors (Lipinski definition) is 5. The van der Waals surface area contributed by atoms with Gasteiger partial charge >= 0.3 is 16.5 Å². The van der Waals surface area contributed by atoms with Crippen LogP contribution < -0.4 is 4.18 Å². The zero-order chi connectivity index (χ0) is 14.6. The number of carboxylic acid groups (broad SMARTS) is 1. The molecule has 0 heterocycles. The summed E-state index contributed by atoms with van der Waals surface area (Å²) in [5, 5.41) is 12.2. The van der Waals surface area contributed by atoms with E-state index in [2.05, 4.69) is 14.2 Å². The highest BCUT2D eigenvalue weighted by atomic mass is 32.3. The van der Waals surface area contributed by atoms with Crippen LogP contribution in [0.4, 0.5) is 3.89 Å². The number of hydrogen-bond donors (Lipinski definition) is 1. The molecule has 0 saturated heterocycles. The SMILES string of the molecule is Cc1c(CN=[N+]=[N-])cc(OS(=O)(=O)F)cc1C(=O)O. The van der Waals surface area contributed by atoms with Gasteiger partial charge in [-0.15, -0.1) is 0 Å². The first kappa shape index (κ1) is 14.7. The predicted octanol–water partition coefficient (Wildman–Crippen LogP) is 2.10. The van der Waals surface area contributed by atoms with Crippen molar-refractivity contribution in [2.45, 2.75) is 13.5 Å². The molecule has 0 fully saturated rings. The minimum absolute atomic E-state index is 0.216. The van der Waals surface area contributed by atoms with Gasteiger partial charge in [-0.3, -0.25) is 0 Å². The van der Waals surface area contributed by atoms with Crippen molar-refractivity contribution in [2.75, 3.05) is 0 Å². The van der Waals surface area contributed by atoms with Crippen molar-refractivity contribution in [1.82, 2.24) is 0 Å². The van der Waals surface area contributed by atoms with E-state index in [9.17, 15) is 17.1 Å². The van der Waals surface area contributed by atoms with E-state index in [0.717, 1.165) is 12.1 Å². The Balaban J connectivity index is 3.38. The maximum atomic E-state index is 12.4. The third kappa shape index (κ3) is 4.12. The molecule has 102 valence electrons. The number of azide groups is 1. The lowest BCUT2D eigenvalue weighted by Crippen LogP contribution is -2.07. The molecule has 1 N–H and O–H groups in total. The number of carbonyl (C=O) groups is 1. The zero-order valence-corrected chi connectivity index (χ0v) is 10.4. The van der Waals surface area contributed by atoms with E-state index in [1.165, 1.54) is 6.92 Å². The molecule has 0 atom stereocenters. The van der Waals surface area contributed by atoms with E-state index in [0.29, 0.717) is 0 Å². The van der Waals surface area contributed by atoms with Crippen LogP contribution in [0.15, 0.2) is 17.2 Å². The van der Waals surface area contributed by atoms with Crippen LogP contribution in [0.2, 0.25) is 0 Å². The third-order valence-corrected chi connectivity index (χ3v) is 2.61. The number of benzene rings is 1. The Morgan fingerprint density at radius 3 is 2.68 bits per heavy atom. The Kier molecular flexibility index (Phi) is 4.30. The van der Waals surface area contributed by atoms with E-state index in [1.807, 2.05) is 0 Å². The topological polar surface area (TPSA) is 129 Å². The second-order valence-corrected chi connectivity index (χ2v) is 4.38. The lowest BCUT2D eigenvalue weighted by molar-refractivity contribution is 0.0695. The smallest absolute Gasteiger partial charge is 0.478 e. The average molecular weight is 289 g/mol. The van der Waals surface area contributed by atoms with Crippen molar-refractivity contribution in [2.24, 2.45) is 5.11 Å². The van der Waals surface area contributed by atoms with Crippen LogP contribution in [-0.2, 0) is 17.0 Å². The summed E-state index contributed by atoms with van der Waals surface area (Å²) in [7, 11) is -5.27. The first-order valence-electron chi connectivity index (χ1n) is 4.76. The van der Waals surface area contributed by atoms with Gasteiger partial charge in [-0.25, -0.2) is 4.79 Å². The highest BCUT2D eigenvalue weighted by Crippen LogP contribution is 2.24. The van der Waals surface area contributed by atoms with Gasteiger partial charge in [0.05, 0.1) is 12.1 Å². The monoisotopic (exact) mass is 289 g/mol. The summed E-state index contributed by atoms with van der Waals surface area (Å²) in [5.74, 6) is -1.85. The molecule has 1 rings (SSSR count). The number of nitrogens with zero attached hydrogens (tertiary/aromatic N) is 3. The molecule has 0 radical (unpaired) electrons. The standard InChI is InChI=1S/C9H8FN3O5S/c1-5-6(4-12-13-11)2-7(18-19(10,16)17)3-8(5)9(14)15/h2-3H,4H2,1H3,(H,14,15). The van der Waals surface area contributed by atoms with E-state index in [1.54, 1.807) is 0 Å². The molecule has 0 aromatic heterocycles. The van der Waals surface area contributed by atoms with Gasteiger partial charge in [-0.2, -0.15) is 8.42 Å². The number of carboxylic acids is 1. The second-order valence-electron chi connectivity index (χ2n) is 3.43.